The van der Waals surface area contributed by atoms with E-state index in [4.69, 9.17) is 9.47 Å². The van der Waals surface area contributed by atoms with Crippen LogP contribution in [0.1, 0.15) is 17.0 Å². The molecular weight excluding hydrogens is 190 g/mol. The number of benzene rings is 1. The van der Waals surface area contributed by atoms with E-state index in [1.54, 1.807) is 0 Å². The molecule has 15 heavy (non-hydrogen) atoms. The maximum atomic E-state index is 5.59. The van der Waals surface area contributed by atoms with Crippen molar-refractivity contribution in [3.63, 3.8) is 0 Å². The van der Waals surface area contributed by atoms with Gasteiger partial charge in [-0.1, -0.05) is 0 Å². The highest BCUT2D eigenvalue weighted by Crippen LogP contribution is 2.36. The van der Waals surface area contributed by atoms with Gasteiger partial charge in [0.15, 0.2) is 11.5 Å². The summed E-state index contributed by atoms with van der Waals surface area (Å²) in [5.41, 5.74) is 2.71. The molecule has 2 heterocycles. The monoisotopic (exact) mass is 205 g/mol. The summed E-state index contributed by atoms with van der Waals surface area (Å²) >= 11 is 0. The van der Waals surface area contributed by atoms with Crippen molar-refractivity contribution in [1.29, 1.82) is 0 Å². The summed E-state index contributed by atoms with van der Waals surface area (Å²) in [5, 5.41) is 3.29. The minimum Gasteiger partial charge on any atom is -0.486 e. The Kier molecular flexibility index (Phi) is 2.06. The Morgan fingerprint density at radius 1 is 1.13 bits per heavy atom. The highest BCUT2D eigenvalue weighted by molar-refractivity contribution is 5.49. The van der Waals surface area contributed by atoms with Crippen molar-refractivity contribution in [3.8, 4) is 11.5 Å². The molecule has 0 bridgehead atoms. The highest BCUT2D eigenvalue weighted by atomic mass is 16.6. The number of hydrogen-bond acceptors (Lipinski definition) is 3. The van der Waals surface area contributed by atoms with Crippen LogP contribution in [0.5, 0.6) is 11.5 Å². The fourth-order valence-electron chi connectivity index (χ4n) is 2.15. The first-order chi connectivity index (χ1) is 7.34. The third-order valence-electron chi connectivity index (χ3n) is 3.15. The van der Waals surface area contributed by atoms with Crippen LogP contribution in [0.15, 0.2) is 12.1 Å². The molecule has 0 aromatic heterocycles. The van der Waals surface area contributed by atoms with Crippen molar-refractivity contribution in [1.82, 2.24) is 5.32 Å². The van der Waals surface area contributed by atoms with E-state index >= 15 is 0 Å². The fraction of sp³-hybridized carbons (Fsp3) is 0.500. The number of aryl methyl sites for hydroxylation is 1. The van der Waals surface area contributed by atoms with E-state index in [1.807, 2.05) is 0 Å². The van der Waals surface area contributed by atoms with Crippen LogP contribution in [-0.2, 0) is 0 Å². The largest absolute Gasteiger partial charge is 0.486 e. The van der Waals surface area contributed by atoms with Crippen molar-refractivity contribution in [2.24, 2.45) is 0 Å². The lowest BCUT2D eigenvalue weighted by Crippen LogP contribution is -2.40. The molecule has 1 aromatic carbocycles. The molecule has 1 fully saturated rings. The van der Waals surface area contributed by atoms with Gasteiger partial charge in [-0.05, 0) is 30.2 Å². The Balaban J connectivity index is 2.00. The zero-order valence-electron chi connectivity index (χ0n) is 8.88. The predicted molar refractivity (Wildman–Crippen MR) is 57.8 cm³/mol. The van der Waals surface area contributed by atoms with Crippen LogP contribution in [0.25, 0.3) is 0 Å². The normalized spacial score (nSPS) is 19.8. The van der Waals surface area contributed by atoms with Gasteiger partial charge in [0, 0.05) is 19.0 Å². The van der Waals surface area contributed by atoms with Gasteiger partial charge in [0.1, 0.15) is 13.2 Å². The molecule has 2 aliphatic rings. The zero-order valence-corrected chi connectivity index (χ0v) is 8.88. The van der Waals surface area contributed by atoms with Crippen molar-refractivity contribution in [2.75, 3.05) is 26.3 Å². The molecule has 0 amide bonds. The van der Waals surface area contributed by atoms with E-state index in [1.165, 1.54) is 11.1 Å². The van der Waals surface area contributed by atoms with E-state index < -0.39 is 0 Å². The molecular formula is C12H15NO2. The van der Waals surface area contributed by atoms with Crippen LogP contribution in [0.4, 0.5) is 0 Å². The van der Waals surface area contributed by atoms with Gasteiger partial charge in [-0.2, -0.15) is 0 Å². The second kappa shape index (κ2) is 3.42. The number of ether oxygens (including phenoxy) is 2. The Morgan fingerprint density at radius 2 is 1.80 bits per heavy atom. The van der Waals surface area contributed by atoms with E-state index in [2.05, 4.69) is 24.4 Å². The average molecular weight is 205 g/mol. The number of fused-ring (bicyclic) bond motifs is 1. The topological polar surface area (TPSA) is 30.5 Å². The Bertz CT molecular complexity index is 385. The van der Waals surface area contributed by atoms with Gasteiger partial charge < -0.3 is 14.8 Å². The van der Waals surface area contributed by atoms with Gasteiger partial charge in [0.2, 0.25) is 0 Å². The molecule has 0 atom stereocenters. The molecule has 80 valence electrons. The molecule has 0 saturated carbocycles. The molecule has 0 spiro atoms. The van der Waals surface area contributed by atoms with E-state index in [-0.39, 0.29) is 0 Å². The predicted octanol–water partition coefficient (Wildman–Crippen LogP) is 1.45. The molecule has 1 saturated heterocycles. The smallest absolute Gasteiger partial charge is 0.161 e. The quantitative estimate of drug-likeness (QED) is 0.752. The van der Waals surface area contributed by atoms with Gasteiger partial charge in [-0.3, -0.25) is 0 Å². The standard InChI is InChI=1S/C12H15NO2/c1-8-4-11-12(15-3-2-14-11)5-10(8)9-6-13-7-9/h4-5,9,13H,2-3,6-7H2,1H3. The lowest BCUT2D eigenvalue weighted by Gasteiger charge is -2.30. The summed E-state index contributed by atoms with van der Waals surface area (Å²) < 4.78 is 11.1. The van der Waals surface area contributed by atoms with Crippen LogP contribution < -0.4 is 14.8 Å². The third-order valence-corrected chi connectivity index (χ3v) is 3.15. The summed E-state index contributed by atoms with van der Waals surface area (Å²) in [6.45, 7) is 5.64. The van der Waals surface area contributed by atoms with Crippen LogP contribution in [0.2, 0.25) is 0 Å². The summed E-state index contributed by atoms with van der Waals surface area (Å²) in [6, 6.07) is 4.25. The summed E-state index contributed by atoms with van der Waals surface area (Å²) in [5.74, 6) is 2.46. The number of hydrogen-bond donors (Lipinski definition) is 1. The van der Waals surface area contributed by atoms with Gasteiger partial charge in [-0.15, -0.1) is 0 Å². The first-order valence-electron chi connectivity index (χ1n) is 5.45. The van der Waals surface area contributed by atoms with Gasteiger partial charge in [-0.25, -0.2) is 0 Å². The minimum atomic E-state index is 0.654. The minimum absolute atomic E-state index is 0.654. The molecule has 2 aliphatic heterocycles. The van der Waals surface area contributed by atoms with Crippen LogP contribution in [0.3, 0.4) is 0 Å². The van der Waals surface area contributed by atoms with Gasteiger partial charge >= 0.3 is 0 Å². The number of rotatable bonds is 1. The first-order valence-corrected chi connectivity index (χ1v) is 5.45. The number of nitrogens with one attached hydrogen (secondary N) is 1. The molecule has 3 heteroatoms. The zero-order chi connectivity index (χ0) is 10.3. The van der Waals surface area contributed by atoms with Crippen LogP contribution >= 0.6 is 0 Å². The molecule has 0 unspecified atom stereocenters. The maximum Gasteiger partial charge on any atom is 0.161 e. The lowest BCUT2D eigenvalue weighted by molar-refractivity contribution is 0.171. The van der Waals surface area contributed by atoms with Gasteiger partial charge in [0.05, 0.1) is 0 Å². The van der Waals surface area contributed by atoms with E-state index in [9.17, 15) is 0 Å². The maximum absolute atomic E-state index is 5.59. The average Bonchev–Trinajstić information content (AvgIpc) is 2.16. The molecule has 3 nitrogen and oxygen atoms in total. The van der Waals surface area contributed by atoms with Crippen LogP contribution in [-0.4, -0.2) is 26.3 Å². The summed E-state index contributed by atoms with van der Waals surface area (Å²) in [4.78, 5) is 0. The SMILES string of the molecule is Cc1cc2c(cc1C1CNC1)OCCO2. The van der Waals surface area contributed by atoms with Crippen molar-refractivity contribution in [3.05, 3.63) is 23.3 Å². The van der Waals surface area contributed by atoms with Crippen molar-refractivity contribution >= 4 is 0 Å². The third kappa shape index (κ3) is 1.47. The lowest BCUT2D eigenvalue weighted by atomic mass is 9.90. The van der Waals surface area contributed by atoms with E-state index in [0.29, 0.717) is 19.1 Å². The fourth-order valence-corrected chi connectivity index (χ4v) is 2.15. The molecule has 1 N–H and O–H groups in total. The Morgan fingerprint density at radius 3 is 2.40 bits per heavy atom. The van der Waals surface area contributed by atoms with E-state index in [0.717, 1.165) is 24.6 Å². The summed E-state index contributed by atoms with van der Waals surface area (Å²) in [6.07, 6.45) is 0. The highest BCUT2D eigenvalue weighted by Gasteiger charge is 2.23. The van der Waals surface area contributed by atoms with Crippen molar-refractivity contribution in [2.45, 2.75) is 12.8 Å². The van der Waals surface area contributed by atoms with Crippen molar-refractivity contribution < 1.29 is 9.47 Å². The summed E-state index contributed by atoms with van der Waals surface area (Å²) in [7, 11) is 0. The first kappa shape index (κ1) is 9.04. The molecule has 1 aromatic rings. The van der Waals surface area contributed by atoms with Gasteiger partial charge in [0.25, 0.3) is 0 Å². The molecule has 3 rings (SSSR count). The Labute approximate surface area is 89.4 Å². The molecule has 0 aliphatic carbocycles. The second-order valence-corrected chi connectivity index (χ2v) is 4.21. The Hall–Kier alpha value is -1.22. The van der Waals surface area contributed by atoms with Crippen LogP contribution in [0, 0.1) is 6.92 Å². The second-order valence-electron chi connectivity index (χ2n) is 4.21. The molecule has 0 radical (unpaired) electrons.